The number of nitrogens with one attached hydrogen (secondary N) is 2. The van der Waals surface area contributed by atoms with Gasteiger partial charge in [0.15, 0.2) is 0 Å². The average molecular weight is 192 g/mol. The molecule has 14 heavy (non-hydrogen) atoms. The molecule has 1 saturated heterocycles. The molecule has 1 aromatic carbocycles. The molecule has 1 aliphatic heterocycles. The zero-order valence-electron chi connectivity index (χ0n) is 7.60. The number of benzene rings is 1. The molecule has 2 unspecified atom stereocenters. The Bertz CT molecular complexity index is 341. The van der Waals surface area contributed by atoms with Crippen LogP contribution in [0.4, 0.5) is 0 Å². The van der Waals surface area contributed by atoms with Gasteiger partial charge in [0.05, 0.1) is 6.04 Å². The predicted octanol–water partition coefficient (Wildman–Crippen LogP) is 0.356. The van der Waals surface area contributed by atoms with E-state index in [1.54, 1.807) is 18.2 Å². The zero-order valence-corrected chi connectivity index (χ0v) is 7.60. The SMILES string of the molecule is O=CC1CNNC1c1cccc(O)c1. The number of hydrogen-bond acceptors (Lipinski definition) is 4. The van der Waals surface area contributed by atoms with E-state index in [-0.39, 0.29) is 17.7 Å². The zero-order chi connectivity index (χ0) is 9.97. The molecule has 0 amide bonds. The van der Waals surface area contributed by atoms with E-state index in [2.05, 4.69) is 10.9 Å². The van der Waals surface area contributed by atoms with E-state index in [1.807, 2.05) is 6.07 Å². The number of hydrogen-bond donors (Lipinski definition) is 3. The Hall–Kier alpha value is -1.39. The summed E-state index contributed by atoms with van der Waals surface area (Å²) in [6.45, 7) is 0.629. The van der Waals surface area contributed by atoms with Crippen molar-refractivity contribution in [1.82, 2.24) is 10.9 Å². The molecule has 0 saturated carbocycles. The standard InChI is InChI=1S/C10H12N2O2/c13-6-8-5-11-12-10(8)7-2-1-3-9(14)4-7/h1-4,6,8,10-12,14H,5H2. The predicted molar refractivity (Wildman–Crippen MR) is 51.5 cm³/mol. The first-order valence-electron chi connectivity index (χ1n) is 4.54. The highest BCUT2D eigenvalue weighted by Crippen LogP contribution is 2.25. The van der Waals surface area contributed by atoms with Gasteiger partial charge in [0.25, 0.3) is 0 Å². The average Bonchev–Trinajstić information content (AvgIpc) is 2.65. The second kappa shape index (κ2) is 3.77. The normalized spacial score (nSPS) is 26.3. The molecule has 1 aromatic rings. The van der Waals surface area contributed by atoms with Crippen molar-refractivity contribution < 1.29 is 9.90 Å². The van der Waals surface area contributed by atoms with Gasteiger partial charge >= 0.3 is 0 Å². The minimum absolute atomic E-state index is 0.0420. The molecule has 0 radical (unpaired) electrons. The molecule has 4 heteroatoms. The van der Waals surface area contributed by atoms with E-state index in [0.29, 0.717) is 6.54 Å². The van der Waals surface area contributed by atoms with Crippen LogP contribution < -0.4 is 10.9 Å². The summed E-state index contributed by atoms with van der Waals surface area (Å²) >= 11 is 0. The lowest BCUT2D eigenvalue weighted by Crippen LogP contribution is -2.25. The fourth-order valence-corrected chi connectivity index (χ4v) is 1.69. The summed E-state index contributed by atoms with van der Waals surface area (Å²) in [4.78, 5) is 10.7. The maximum atomic E-state index is 10.7. The van der Waals surface area contributed by atoms with Gasteiger partial charge in [-0.05, 0) is 17.7 Å². The molecule has 2 atom stereocenters. The van der Waals surface area contributed by atoms with Gasteiger partial charge in [-0.1, -0.05) is 12.1 Å². The minimum Gasteiger partial charge on any atom is -0.508 e. The summed E-state index contributed by atoms with van der Waals surface area (Å²) < 4.78 is 0. The highest BCUT2D eigenvalue weighted by atomic mass is 16.3. The van der Waals surface area contributed by atoms with Crippen molar-refractivity contribution in [3.8, 4) is 5.75 Å². The monoisotopic (exact) mass is 192 g/mol. The summed E-state index contributed by atoms with van der Waals surface area (Å²) in [7, 11) is 0. The second-order valence-corrected chi connectivity index (χ2v) is 3.40. The molecular formula is C10H12N2O2. The largest absolute Gasteiger partial charge is 0.508 e. The van der Waals surface area contributed by atoms with Crippen molar-refractivity contribution in [3.63, 3.8) is 0 Å². The van der Waals surface area contributed by atoms with E-state index in [4.69, 9.17) is 0 Å². The lowest BCUT2D eigenvalue weighted by atomic mass is 9.96. The number of aromatic hydroxyl groups is 1. The highest BCUT2D eigenvalue weighted by molar-refractivity contribution is 5.57. The van der Waals surface area contributed by atoms with E-state index in [9.17, 15) is 9.90 Å². The van der Waals surface area contributed by atoms with Crippen LogP contribution >= 0.6 is 0 Å². The Labute approximate surface area is 81.9 Å². The van der Waals surface area contributed by atoms with Gasteiger partial charge in [-0.3, -0.25) is 5.43 Å². The molecule has 2 rings (SSSR count). The van der Waals surface area contributed by atoms with Gasteiger partial charge in [-0.2, -0.15) is 0 Å². The topological polar surface area (TPSA) is 61.4 Å². The summed E-state index contributed by atoms with van der Waals surface area (Å²) in [6.07, 6.45) is 0.932. The maximum absolute atomic E-state index is 10.7. The second-order valence-electron chi connectivity index (χ2n) is 3.40. The first-order chi connectivity index (χ1) is 6.81. The third-order valence-corrected chi connectivity index (χ3v) is 2.43. The molecule has 0 spiro atoms. The van der Waals surface area contributed by atoms with Crippen molar-refractivity contribution in [3.05, 3.63) is 29.8 Å². The molecule has 1 fully saturated rings. The quantitative estimate of drug-likeness (QED) is 0.592. The van der Waals surface area contributed by atoms with Crippen molar-refractivity contribution in [2.45, 2.75) is 6.04 Å². The number of hydrazine groups is 1. The lowest BCUT2D eigenvalue weighted by molar-refractivity contribution is -0.111. The number of phenols is 1. The molecule has 74 valence electrons. The fraction of sp³-hybridized carbons (Fsp3) is 0.300. The molecule has 0 bridgehead atoms. The van der Waals surface area contributed by atoms with Crippen LogP contribution in [0.25, 0.3) is 0 Å². The number of rotatable bonds is 2. The molecule has 0 aromatic heterocycles. The van der Waals surface area contributed by atoms with Crippen LogP contribution in [0.15, 0.2) is 24.3 Å². The number of aldehydes is 1. The minimum atomic E-state index is -0.0724. The molecule has 0 aliphatic carbocycles. The Morgan fingerprint density at radius 3 is 3.07 bits per heavy atom. The third kappa shape index (κ3) is 1.62. The van der Waals surface area contributed by atoms with Crippen LogP contribution in [-0.4, -0.2) is 17.9 Å². The molecular weight excluding hydrogens is 180 g/mol. The number of phenolic OH excluding ortho intramolecular Hbond substituents is 1. The molecule has 1 heterocycles. The van der Waals surface area contributed by atoms with E-state index >= 15 is 0 Å². The molecule has 3 N–H and O–H groups in total. The first-order valence-corrected chi connectivity index (χ1v) is 4.54. The van der Waals surface area contributed by atoms with Crippen LogP contribution in [0.1, 0.15) is 11.6 Å². The van der Waals surface area contributed by atoms with Crippen molar-refractivity contribution in [2.75, 3.05) is 6.54 Å². The van der Waals surface area contributed by atoms with Crippen molar-refractivity contribution in [1.29, 1.82) is 0 Å². The van der Waals surface area contributed by atoms with Gasteiger partial charge in [-0.15, -0.1) is 0 Å². The van der Waals surface area contributed by atoms with Crippen LogP contribution in [0.3, 0.4) is 0 Å². The van der Waals surface area contributed by atoms with Gasteiger partial charge in [0.1, 0.15) is 12.0 Å². The molecule has 4 nitrogen and oxygen atoms in total. The van der Waals surface area contributed by atoms with Crippen molar-refractivity contribution >= 4 is 6.29 Å². The summed E-state index contributed by atoms with van der Waals surface area (Å²) in [5, 5.41) is 9.30. The summed E-state index contributed by atoms with van der Waals surface area (Å²) in [5.74, 6) is 0.151. The first kappa shape index (κ1) is 9.18. The fourth-order valence-electron chi connectivity index (χ4n) is 1.69. The van der Waals surface area contributed by atoms with Gasteiger partial charge in [-0.25, -0.2) is 5.43 Å². The van der Waals surface area contributed by atoms with Gasteiger partial charge in [0.2, 0.25) is 0 Å². The van der Waals surface area contributed by atoms with E-state index in [0.717, 1.165) is 11.8 Å². The Kier molecular flexibility index (Phi) is 2.47. The summed E-state index contributed by atoms with van der Waals surface area (Å²) in [5.41, 5.74) is 6.86. The van der Waals surface area contributed by atoms with E-state index < -0.39 is 0 Å². The number of carbonyl (C=O) groups excluding carboxylic acids is 1. The van der Waals surface area contributed by atoms with E-state index in [1.165, 1.54) is 0 Å². The molecule has 1 aliphatic rings. The van der Waals surface area contributed by atoms with Crippen LogP contribution in [-0.2, 0) is 4.79 Å². The summed E-state index contributed by atoms with van der Waals surface area (Å²) in [6, 6.07) is 6.90. The Morgan fingerprint density at radius 1 is 1.50 bits per heavy atom. The maximum Gasteiger partial charge on any atom is 0.126 e. The van der Waals surface area contributed by atoms with Crippen LogP contribution in [0, 0.1) is 5.92 Å². The Balaban J connectivity index is 2.25. The van der Waals surface area contributed by atoms with Crippen molar-refractivity contribution in [2.24, 2.45) is 5.92 Å². The number of carbonyl (C=O) groups is 1. The third-order valence-electron chi connectivity index (χ3n) is 2.43. The van der Waals surface area contributed by atoms with Gasteiger partial charge < -0.3 is 9.90 Å². The Morgan fingerprint density at radius 2 is 2.36 bits per heavy atom. The van der Waals surface area contributed by atoms with Gasteiger partial charge in [0, 0.05) is 12.5 Å². The highest BCUT2D eigenvalue weighted by Gasteiger charge is 2.27. The van der Waals surface area contributed by atoms with Crippen LogP contribution in [0.5, 0.6) is 5.75 Å². The van der Waals surface area contributed by atoms with Crippen LogP contribution in [0.2, 0.25) is 0 Å². The smallest absolute Gasteiger partial charge is 0.126 e. The lowest BCUT2D eigenvalue weighted by Gasteiger charge is -2.13.